The lowest BCUT2D eigenvalue weighted by Crippen LogP contribution is -2.47. The first-order chi connectivity index (χ1) is 9.26. The Morgan fingerprint density at radius 1 is 1.42 bits per heavy atom. The molecule has 2 atom stereocenters. The van der Waals surface area contributed by atoms with Crippen LogP contribution < -0.4 is 5.32 Å². The number of anilines is 1. The average Bonchev–Trinajstić information content (AvgIpc) is 2.86. The van der Waals surface area contributed by atoms with Gasteiger partial charge < -0.3 is 10.1 Å². The van der Waals surface area contributed by atoms with Gasteiger partial charge in [0.1, 0.15) is 0 Å². The molecule has 0 radical (unpaired) electrons. The van der Waals surface area contributed by atoms with Crippen LogP contribution in [0.1, 0.15) is 31.4 Å². The van der Waals surface area contributed by atoms with E-state index < -0.39 is 0 Å². The van der Waals surface area contributed by atoms with Crippen LogP contribution in [0.2, 0.25) is 0 Å². The monoisotopic (exact) mass is 260 g/mol. The van der Waals surface area contributed by atoms with Gasteiger partial charge in [-0.25, -0.2) is 0 Å². The van der Waals surface area contributed by atoms with Gasteiger partial charge in [-0.2, -0.15) is 0 Å². The molecule has 1 fully saturated rings. The van der Waals surface area contributed by atoms with Crippen LogP contribution in [0.4, 0.5) is 5.69 Å². The van der Waals surface area contributed by atoms with Crippen LogP contribution in [-0.4, -0.2) is 36.7 Å². The van der Waals surface area contributed by atoms with Gasteiger partial charge in [0.15, 0.2) is 0 Å². The number of morpholine rings is 1. The number of ether oxygens (including phenoxy) is 1. The van der Waals surface area contributed by atoms with Gasteiger partial charge in [0.25, 0.3) is 0 Å². The minimum Gasteiger partial charge on any atom is -0.384 e. The molecular formula is C16H24N2O. The molecule has 104 valence electrons. The maximum atomic E-state index is 5.77. The molecule has 1 aromatic rings. The number of nitrogens with one attached hydrogen (secondary N) is 1. The van der Waals surface area contributed by atoms with E-state index in [1.165, 1.54) is 23.2 Å². The maximum absolute atomic E-state index is 5.77. The van der Waals surface area contributed by atoms with Gasteiger partial charge in [-0.1, -0.05) is 19.1 Å². The molecule has 0 aliphatic carbocycles. The fourth-order valence-corrected chi connectivity index (χ4v) is 3.15. The predicted octanol–water partition coefficient (Wildman–Crippen LogP) is 2.65. The second-order valence-corrected chi connectivity index (χ2v) is 5.80. The SMILES string of the molecule is CCC1COC(C)CN1Cc1ccc2c(c1)NCC2. The van der Waals surface area contributed by atoms with Crippen molar-refractivity contribution >= 4 is 5.69 Å². The van der Waals surface area contributed by atoms with E-state index in [4.69, 9.17) is 4.74 Å². The van der Waals surface area contributed by atoms with Gasteiger partial charge in [-0.05, 0) is 37.0 Å². The van der Waals surface area contributed by atoms with Crippen molar-refractivity contribution in [3.8, 4) is 0 Å². The topological polar surface area (TPSA) is 24.5 Å². The first kappa shape index (κ1) is 12.9. The second kappa shape index (κ2) is 5.51. The molecule has 0 spiro atoms. The molecule has 2 heterocycles. The third-order valence-corrected chi connectivity index (χ3v) is 4.32. The molecule has 1 saturated heterocycles. The van der Waals surface area contributed by atoms with Crippen molar-refractivity contribution in [2.24, 2.45) is 0 Å². The zero-order valence-electron chi connectivity index (χ0n) is 12.0. The fraction of sp³-hybridized carbons (Fsp3) is 0.625. The fourth-order valence-electron chi connectivity index (χ4n) is 3.15. The smallest absolute Gasteiger partial charge is 0.0674 e. The molecule has 1 N–H and O–H groups in total. The Kier molecular flexibility index (Phi) is 3.76. The van der Waals surface area contributed by atoms with Crippen LogP contribution in [0.5, 0.6) is 0 Å². The normalized spacial score (nSPS) is 27.1. The largest absolute Gasteiger partial charge is 0.384 e. The highest BCUT2D eigenvalue weighted by Crippen LogP contribution is 2.25. The third-order valence-electron chi connectivity index (χ3n) is 4.32. The zero-order valence-corrected chi connectivity index (χ0v) is 12.0. The summed E-state index contributed by atoms with van der Waals surface area (Å²) in [5, 5.41) is 3.47. The molecule has 3 heteroatoms. The van der Waals surface area contributed by atoms with Gasteiger partial charge in [0.05, 0.1) is 12.7 Å². The summed E-state index contributed by atoms with van der Waals surface area (Å²) in [6, 6.07) is 7.47. The van der Waals surface area contributed by atoms with Gasteiger partial charge >= 0.3 is 0 Å². The van der Waals surface area contributed by atoms with Gasteiger partial charge in [-0.15, -0.1) is 0 Å². The van der Waals surface area contributed by atoms with Crippen molar-refractivity contribution in [1.82, 2.24) is 4.90 Å². The van der Waals surface area contributed by atoms with Crippen molar-refractivity contribution in [2.45, 2.75) is 45.4 Å². The van der Waals surface area contributed by atoms with Crippen LogP contribution in [0.3, 0.4) is 0 Å². The molecule has 1 aromatic carbocycles. The number of nitrogens with zero attached hydrogens (tertiary/aromatic N) is 1. The number of hydrogen-bond donors (Lipinski definition) is 1. The Morgan fingerprint density at radius 3 is 3.16 bits per heavy atom. The molecule has 2 unspecified atom stereocenters. The summed E-state index contributed by atoms with van der Waals surface area (Å²) >= 11 is 0. The summed E-state index contributed by atoms with van der Waals surface area (Å²) in [5.74, 6) is 0. The highest BCUT2D eigenvalue weighted by Gasteiger charge is 2.25. The minimum atomic E-state index is 0.357. The van der Waals surface area contributed by atoms with Gasteiger partial charge in [0, 0.05) is 31.4 Å². The number of hydrogen-bond acceptors (Lipinski definition) is 3. The molecule has 0 amide bonds. The summed E-state index contributed by atoms with van der Waals surface area (Å²) in [4.78, 5) is 2.57. The molecule has 19 heavy (non-hydrogen) atoms. The van der Waals surface area contributed by atoms with Crippen molar-refractivity contribution in [3.63, 3.8) is 0 Å². The van der Waals surface area contributed by atoms with E-state index in [-0.39, 0.29) is 0 Å². The van der Waals surface area contributed by atoms with E-state index in [1.807, 2.05) is 0 Å². The van der Waals surface area contributed by atoms with E-state index in [0.717, 1.165) is 32.7 Å². The van der Waals surface area contributed by atoms with Crippen molar-refractivity contribution in [1.29, 1.82) is 0 Å². The van der Waals surface area contributed by atoms with Gasteiger partial charge in [-0.3, -0.25) is 4.90 Å². The molecule has 2 aliphatic rings. The quantitative estimate of drug-likeness (QED) is 0.904. The number of benzene rings is 1. The summed E-state index contributed by atoms with van der Waals surface area (Å²) in [6.07, 6.45) is 2.69. The Balaban J connectivity index is 1.72. The summed E-state index contributed by atoms with van der Waals surface area (Å²) in [7, 11) is 0. The van der Waals surface area contributed by atoms with Crippen LogP contribution in [0.25, 0.3) is 0 Å². The van der Waals surface area contributed by atoms with Crippen LogP contribution >= 0.6 is 0 Å². The third kappa shape index (κ3) is 2.77. The number of fused-ring (bicyclic) bond motifs is 1. The van der Waals surface area contributed by atoms with E-state index in [0.29, 0.717) is 12.1 Å². The van der Waals surface area contributed by atoms with E-state index >= 15 is 0 Å². The molecule has 2 aliphatic heterocycles. The highest BCUT2D eigenvalue weighted by atomic mass is 16.5. The van der Waals surface area contributed by atoms with Crippen molar-refractivity contribution in [3.05, 3.63) is 29.3 Å². The average molecular weight is 260 g/mol. The molecule has 0 bridgehead atoms. The lowest BCUT2D eigenvalue weighted by Gasteiger charge is -2.38. The molecule has 3 rings (SSSR count). The van der Waals surface area contributed by atoms with E-state index in [9.17, 15) is 0 Å². The highest BCUT2D eigenvalue weighted by molar-refractivity contribution is 5.57. The standard InChI is InChI=1S/C16H24N2O/c1-3-15-11-19-12(2)9-18(15)10-13-4-5-14-6-7-17-16(14)8-13/h4-5,8,12,15,17H,3,6-7,9-11H2,1-2H3. The van der Waals surface area contributed by atoms with Crippen molar-refractivity contribution < 1.29 is 4.74 Å². The van der Waals surface area contributed by atoms with Crippen LogP contribution in [0, 0.1) is 0 Å². The lowest BCUT2D eigenvalue weighted by molar-refractivity contribution is -0.0591. The first-order valence-electron chi connectivity index (χ1n) is 7.47. The van der Waals surface area contributed by atoms with Crippen LogP contribution in [-0.2, 0) is 17.7 Å². The molecular weight excluding hydrogens is 236 g/mol. The summed E-state index contributed by atoms with van der Waals surface area (Å²) in [5.41, 5.74) is 4.22. The Labute approximate surface area is 115 Å². The Bertz CT molecular complexity index is 446. The Morgan fingerprint density at radius 2 is 2.32 bits per heavy atom. The van der Waals surface area contributed by atoms with Crippen LogP contribution in [0.15, 0.2) is 18.2 Å². The Hall–Kier alpha value is -1.06. The van der Waals surface area contributed by atoms with E-state index in [2.05, 4.69) is 42.3 Å². The predicted molar refractivity (Wildman–Crippen MR) is 78.5 cm³/mol. The maximum Gasteiger partial charge on any atom is 0.0674 e. The van der Waals surface area contributed by atoms with E-state index in [1.54, 1.807) is 0 Å². The second-order valence-electron chi connectivity index (χ2n) is 5.80. The zero-order chi connectivity index (χ0) is 13.2. The number of rotatable bonds is 3. The molecule has 0 aromatic heterocycles. The van der Waals surface area contributed by atoms with Crippen molar-refractivity contribution in [2.75, 3.05) is 25.0 Å². The van der Waals surface area contributed by atoms with Gasteiger partial charge in [0.2, 0.25) is 0 Å². The minimum absolute atomic E-state index is 0.357. The molecule has 3 nitrogen and oxygen atoms in total. The molecule has 0 saturated carbocycles. The summed E-state index contributed by atoms with van der Waals surface area (Å²) in [6.45, 7) is 8.47. The lowest BCUT2D eigenvalue weighted by atomic mass is 10.1. The summed E-state index contributed by atoms with van der Waals surface area (Å²) < 4.78 is 5.77. The first-order valence-corrected chi connectivity index (χ1v) is 7.47.